The topological polar surface area (TPSA) is 55.5 Å². The Morgan fingerprint density at radius 3 is 2.33 bits per heavy atom. The van der Waals surface area contributed by atoms with Gasteiger partial charge in [0.05, 0.1) is 12.1 Å². The van der Waals surface area contributed by atoms with Crippen LogP contribution in [0.5, 0.6) is 11.5 Å². The number of aromatic hydroxyl groups is 1. The van der Waals surface area contributed by atoms with Crippen LogP contribution in [0, 0.1) is 13.8 Å². The summed E-state index contributed by atoms with van der Waals surface area (Å²) in [4.78, 5) is 0. The van der Waals surface area contributed by atoms with E-state index in [4.69, 9.17) is 22.1 Å². The minimum absolute atomic E-state index is 0.126. The molecule has 0 radical (unpaired) electrons. The number of nitrogens with two attached hydrogens (primary N) is 1. The van der Waals surface area contributed by atoms with E-state index in [9.17, 15) is 5.11 Å². The predicted molar refractivity (Wildman–Crippen MR) is 73.7 cm³/mol. The van der Waals surface area contributed by atoms with Crippen LogP contribution in [0.15, 0.2) is 0 Å². The summed E-state index contributed by atoms with van der Waals surface area (Å²) in [6.07, 6.45) is 3.14. The Balaban J connectivity index is 2.70. The lowest BCUT2D eigenvalue weighted by atomic mass is 9.63. The molecule has 0 spiro atoms. The zero-order valence-electron chi connectivity index (χ0n) is 11.1. The van der Waals surface area contributed by atoms with Gasteiger partial charge in [-0.15, -0.1) is 0 Å². The van der Waals surface area contributed by atoms with Crippen molar-refractivity contribution in [3.05, 3.63) is 21.7 Å². The Bertz CT molecular complexity index is 476. The van der Waals surface area contributed by atoms with Gasteiger partial charge >= 0.3 is 0 Å². The van der Waals surface area contributed by atoms with Gasteiger partial charge in [-0.1, -0.05) is 18.0 Å². The molecule has 0 bridgehead atoms. The maximum absolute atomic E-state index is 10.5. The first-order valence-corrected chi connectivity index (χ1v) is 6.62. The molecular weight excluding hydrogens is 250 g/mol. The zero-order chi connectivity index (χ0) is 13.5. The number of methoxy groups -OCH3 is 1. The highest BCUT2D eigenvalue weighted by Crippen LogP contribution is 2.52. The van der Waals surface area contributed by atoms with Crippen LogP contribution in [0.25, 0.3) is 0 Å². The number of phenols is 1. The summed E-state index contributed by atoms with van der Waals surface area (Å²) in [6, 6.07) is 0. The summed E-state index contributed by atoms with van der Waals surface area (Å²) in [5.41, 5.74) is 8.39. The van der Waals surface area contributed by atoms with E-state index in [0.29, 0.717) is 17.3 Å². The van der Waals surface area contributed by atoms with Crippen LogP contribution in [0.4, 0.5) is 0 Å². The van der Waals surface area contributed by atoms with Gasteiger partial charge in [0.1, 0.15) is 0 Å². The Morgan fingerprint density at radius 1 is 1.33 bits per heavy atom. The second kappa shape index (κ2) is 4.63. The fourth-order valence-corrected chi connectivity index (χ4v) is 3.20. The van der Waals surface area contributed by atoms with Crippen LogP contribution < -0.4 is 10.5 Å². The third-order valence-electron chi connectivity index (χ3n) is 4.26. The third kappa shape index (κ3) is 1.69. The van der Waals surface area contributed by atoms with Crippen molar-refractivity contribution in [2.24, 2.45) is 5.73 Å². The number of rotatable bonds is 3. The zero-order valence-corrected chi connectivity index (χ0v) is 11.9. The van der Waals surface area contributed by atoms with Crippen molar-refractivity contribution in [2.75, 3.05) is 13.7 Å². The molecule has 0 atom stereocenters. The fourth-order valence-electron chi connectivity index (χ4n) is 3.02. The molecule has 1 saturated carbocycles. The molecule has 0 unspecified atom stereocenters. The van der Waals surface area contributed by atoms with E-state index in [1.807, 2.05) is 13.8 Å². The summed E-state index contributed by atoms with van der Waals surface area (Å²) in [5.74, 6) is 0.683. The van der Waals surface area contributed by atoms with Crippen LogP contribution in [0.1, 0.15) is 36.0 Å². The average molecular weight is 270 g/mol. The molecule has 100 valence electrons. The smallest absolute Gasteiger partial charge is 0.165 e. The summed E-state index contributed by atoms with van der Waals surface area (Å²) in [6.45, 7) is 4.33. The number of ether oxygens (including phenoxy) is 1. The molecule has 4 heteroatoms. The lowest BCUT2D eigenvalue weighted by Crippen LogP contribution is -2.42. The quantitative estimate of drug-likeness (QED) is 0.887. The van der Waals surface area contributed by atoms with E-state index >= 15 is 0 Å². The maximum Gasteiger partial charge on any atom is 0.165 e. The average Bonchev–Trinajstić information content (AvgIpc) is 2.30. The predicted octanol–water partition coefficient (Wildman–Crippen LogP) is 3.05. The highest BCUT2D eigenvalue weighted by molar-refractivity contribution is 6.32. The van der Waals surface area contributed by atoms with E-state index < -0.39 is 0 Å². The first-order chi connectivity index (χ1) is 8.48. The van der Waals surface area contributed by atoms with Gasteiger partial charge in [0.25, 0.3) is 0 Å². The molecule has 3 N–H and O–H groups in total. The number of halogens is 1. The summed E-state index contributed by atoms with van der Waals surface area (Å²) in [5, 5.41) is 11.1. The van der Waals surface area contributed by atoms with Gasteiger partial charge in [0.15, 0.2) is 11.5 Å². The summed E-state index contributed by atoms with van der Waals surface area (Å²) < 4.78 is 5.29. The Hall–Kier alpha value is -0.930. The van der Waals surface area contributed by atoms with Crippen LogP contribution >= 0.6 is 11.6 Å². The Labute approximate surface area is 113 Å². The van der Waals surface area contributed by atoms with Crippen molar-refractivity contribution in [1.29, 1.82) is 0 Å². The van der Waals surface area contributed by atoms with E-state index in [0.717, 1.165) is 36.0 Å². The molecule has 0 aromatic heterocycles. The molecule has 3 nitrogen and oxygen atoms in total. The molecular formula is C14H20ClNO2. The summed E-state index contributed by atoms with van der Waals surface area (Å²) >= 11 is 6.35. The van der Waals surface area contributed by atoms with E-state index in [2.05, 4.69) is 0 Å². The number of phenolic OH excluding ortho intramolecular Hbond substituents is 1. The minimum atomic E-state index is -0.126. The lowest BCUT2D eigenvalue weighted by molar-refractivity contribution is 0.241. The van der Waals surface area contributed by atoms with Gasteiger partial charge in [-0.25, -0.2) is 0 Å². The van der Waals surface area contributed by atoms with Crippen molar-refractivity contribution >= 4 is 11.6 Å². The Morgan fingerprint density at radius 2 is 1.94 bits per heavy atom. The van der Waals surface area contributed by atoms with E-state index in [1.54, 1.807) is 7.11 Å². The van der Waals surface area contributed by atoms with Crippen molar-refractivity contribution in [3.63, 3.8) is 0 Å². The van der Waals surface area contributed by atoms with Gasteiger partial charge in [-0.05, 0) is 32.3 Å². The standard InChI is InChI=1S/C14H20ClNO2/c1-8-10(14(7-16)5-4-6-14)12(17)13(18-3)9(2)11(8)15/h17H,4-7,16H2,1-3H3. The molecule has 0 saturated heterocycles. The van der Waals surface area contributed by atoms with Crippen molar-refractivity contribution < 1.29 is 9.84 Å². The fraction of sp³-hybridized carbons (Fsp3) is 0.571. The number of hydrogen-bond donors (Lipinski definition) is 2. The van der Waals surface area contributed by atoms with Gasteiger partial charge in [0, 0.05) is 23.1 Å². The second-order valence-electron chi connectivity index (χ2n) is 5.16. The third-order valence-corrected chi connectivity index (χ3v) is 4.83. The van der Waals surface area contributed by atoms with Crippen LogP contribution in [-0.2, 0) is 5.41 Å². The molecule has 2 rings (SSSR count). The second-order valence-corrected chi connectivity index (χ2v) is 5.54. The molecule has 0 heterocycles. The molecule has 1 aliphatic carbocycles. The molecule has 1 aliphatic rings. The van der Waals surface area contributed by atoms with E-state index in [-0.39, 0.29) is 11.2 Å². The van der Waals surface area contributed by atoms with Gasteiger partial charge in [-0.3, -0.25) is 0 Å². The first kappa shape index (κ1) is 13.5. The monoisotopic (exact) mass is 269 g/mol. The molecule has 1 aromatic rings. The van der Waals surface area contributed by atoms with Gasteiger partial charge in [0.2, 0.25) is 0 Å². The van der Waals surface area contributed by atoms with Crippen molar-refractivity contribution in [3.8, 4) is 11.5 Å². The minimum Gasteiger partial charge on any atom is -0.504 e. The molecule has 0 aliphatic heterocycles. The van der Waals surface area contributed by atoms with Crippen LogP contribution in [0.2, 0.25) is 5.02 Å². The SMILES string of the molecule is COc1c(C)c(Cl)c(C)c(C2(CN)CCC2)c1O. The largest absolute Gasteiger partial charge is 0.504 e. The molecule has 18 heavy (non-hydrogen) atoms. The van der Waals surface area contributed by atoms with Gasteiger partial charge in [-0.2, -0.15) is 0 Å². The highest BCUT2D eigenvalue weighted by atomic mass is 35.5. The Kier molecular flexibility index (Phi) is 3.47. The maximum atomic E-state index is 10.5. The molecule has 0 amide bonds. The molecule has 1 aromatic carbocycles. The highest BCUT2D eigenvalue weighted by Gasteiger charge is 2.42. The van der Waals surface area contributed by atoms with Gasteiger partial charge < -0.3 is 15.6 Å². The van der Waals surface area contributed by atoms with Crippen LogP contribution in [0.3, 0.4) is 0 Å². The normalized spacial score (nSPS) is 17.4. The van der Waals surface area contributed by atoms with Crippen molar-refractivity contribution in [2.45, 2.75) is 38.5 Å². The first-order valence-electron chi connectivity index (χ1n) is 6.24. The van der Waals surface area contributed by atoms with E-state index in [1.165, 1.54) is 0 Å². The number of hydrogen-bond acceptors (Lipinski definition) is 3. The van der Waals surface area contributed by atoms with Crippen molar-refractivity contribution in [1.82, 2.24) is 0 Å². The summed E-state index contributed by atoms with van der Waals surface area (Å²) in [7, 11) is 1.55. The number of benzene rings is 1. The lowest BCUT2D eigenvalue weighted by Gasteiger charge is -2.43. The van der Waals surface area contributed by atoms with Crippen LogP contribution in [-0.4, -0.2) is 18.8 Å². The molecule has 1 fully saturated rings.